The number of fused-ring (bicyclic) bond motifs is 1. The van der Waals surface area contributed by atoms with Gasteiger partial charge in [-0.25, -0.2) is 4.98 Å². The van der Waals surface area contributed by atoms with E-state index >= 15 is 0 Å². The molecule has 0 radical (unpaired) electrons. The van der Waals surface area contributed by atoms with Crippen molar-refractivity contribution in [1.29, 1.82) is 0 Å². The Labute approximate surface area is 249 Å². The summed E-state index contributed by atoms with van der Waals surface area (Å²) in [6.45, 7) is 9.97. The summed E-state index contributed by atoms with van der Waals surface area (Å²) in [6.07, 6.45) is 1.57. The van der Waals surface area contributed by atoms with Crippen LogP contribution in [0.15, 0.2) is 73.4 Å². The number of carbonyl (C=O) groups excluding carboxylic acids is 1. The number of anilines is 1. The second kappa shape index (κ2) is 12.3. The number of aromatic nitrogens is 2. The van der Waals surface area contributed by atoms with Crippen LogP contribution < -0.4 is 20.3 Å². The number of nitrogens with zero attached hydrogens (tertiary/aromatic N) is 3. The van der Waals surface area contributed by atoms with E-state index in [9.17, 15) is 9.59 Å². The summed E-state index contributed by atoms with van der Waals surface area (Å²) in [5, 5.41) is 7.82. The maximum Gasteiger partial charge on any atom is 0.282 e. The Morgan fingerprint density at radius 2 is 1.80 bits per heavy atom. The first-order valence-electron chi connectivity index (χ1n) is 12.7. The van der Waals surface area contributed by atoms with Gasteiger partial charge in [-0.05, 0) is 77.8 Å². The van der Waals surface area contributed by atoms with Crippen molar-refractivity contribution in [1.82, 2.24) is 9.66 Å². The van der Waals surface area contributed by atoms with E-state index in [0.29, 0.717) is 50.6 Å². The molecule has 40 heavy (non-hydrogen) atoms. The lowest BCUT2D eigenvalue weighted by atomic mass is 9.95. The smallest absolute Gasteiger partial charge is 0.282 e. The van der Waals surface area contributed by atoms with Crippen molar-refractivity contribution in [2.75, 3.05) is 18.5 Å². The Kier molecular flexibility index (Phi) is 9.10. The van der Waals surface area contributed by atoms with Crippen LogP contribution in [0.1, 0.15) is 44.6 Å². The van der Waals surface area contributed by atoms with Gasteiger partial charge in [-0.15, -0.1) is 0 Å². The van der Waals surface area contributed by atoms with Gasteiger partial charge in [-0.3, -0.25) is 9.59 Å². The van der Waals surface area contributed by atoms with Crippen molar-refractivity contribution in [3.63, 3.8) is 0 Å². The van der Waals surface area contributed by atoms with E-state index in [1.165, 1.54) is 4.68 Å². The molecular weight excluding hydrogens is 640 g/mol. The Balaban J connectivity index is 1.63. The van der Waals surface area contributed by atoms with Crippen LogP contribution in [0.25, 0.3) is 10.9 Å². The van der Waals surface area contributed by atoms with Gasteiger partial charge in [-0.1, -0.05) is 54.4 Å². The maximum absolute atomic E-state index is 13.5. The molecule has 0 aliphatic heterocycles. The van der Waals surface area contributed by atoms with Gasteiger partial charge in [0.05, 0.1) is 28.2 Å². The lowest BCUT2D eigenvalue weighted by Gasteiger charge is -2.21. The summed E-state index contributed by atoms with van der Waals surface area (Å²) in [6, 6.07) is 16.5. The topological polar surface area (TPSA) is 94.8 Å². The van der Waals surface area contributed by atoms with Crippen molar-refractivity contribution in [3.05, 3.63) is 90.8 Å². The number of benzene rings is 3. The second-order valence-electron chi connectivity index (χ2n) is 10.2. The first kappa shape index (κ1) is 29.5. The Morgan fingerprint density at radius 3 is 2.48 bits per heavy atom. The highest BCUT2D eigenvalue weighted by atomic mass is 79.9. The molecule has 0 saturated heterocycles. The number of aryl methyl sites for hydroxylation is 1. The van der Waals surface area contributed by atoms with Gasteiger partial charge >= 0.3 is 0 Å². The number of amides is 1. The van der Waals surface area contributed by atoms with Crippen LogP contribution in [0.4, 0.5) is 5.69 Å². The summed E-state index contributed by atoms with van der Waals surface area (Å²) in [5.74, 6) is 1.06. The van der Waals surface area contributed by atoms with Crippen LogP contribution in [-0.2, 0) is 10.2 Å². The van der Waals surface area contributed by atoms with E-state index in [4.69, 9.17) is 14.5 Å². The Hall–Kier alpha value is -3.50. The SMILES string of the molecule is CCOc1cc(C=Nn2c(C(C)(C)C)nc3ccc(Br)cc3c2=O)cc(Br)c1OCC(=O)Nc1ccc(C)cc1. The lowest BCUT2D eigenvalue weighted by molar-refractivity contribution is -0.118. The zero-order valence-corrected chi connectivity index (χ0v) is 26.1. The molecule has 10 heteroatoms. The minimum Gasteiger partial charge on any atom is -0.490 e. The molecule has 0 saturated carbocycles. The number of ether oxygens (including phenoxy) is 2. The van der Waals surface area contributed by atoms with Crippen molar-refractivity contribution in [2.24, 2.45) is 5.10 Å². The monoisotopic (exact) mass is 668 g/mol. The Morgan fingerprint density at radius 1 is 1.07 bits per heavy atom. The molecule has 1 amide bonds. The molecule has 0 aliphatic carbocycles. The van der Waals surface area contributed by atoms with Gasteiger partial charge in [-0.2, -0.15) is 9.78 Å². The summed E-state index contributed by atoms with van der Waals surface area (Å²) in [5.41, 5.74) is 2.36. The number of rotatable bonds is 8. The van der Waals surface area contributed by atoms with Crippen LogP contribution in [0.2, 0.25) is 0 Å². The molecule has 0 atom stereocenters. The summed E-state index contributed by atoms with van der Waals surface area (Å²) < 4.78 is 14.3. The van der Waals surface area contributed by atoms with Crippen molar-refractivity contribution in [2.45, 2.75) is 40.0 Å². The van der Waals surface area contributed by atoms with Crippen molar-refractivity contribution < 1.29 is 14.3 Å². The molecule has 0 unspecified atom stereocenters. The fraction of sp³-hybridized carbons (Fsp3) is 0.267. The number of carbonyl (C=O) groups is 1. The highest BCUT2D eigenvalue weighted by Gasteiger charge is 2.23. The van der Waals surface area contributed by atoms with E-state index in [2.05, 4.69) is 42.3 Å². The predicted octanol–water partition coefficient (Wildman–Crippen LogP) is 6.83. The molecule has 0 aliphatic rings. The van der Waals surface area contributed by atoms with Crippen LogP contribution in [-0.4, -0.2) is 35.0 Å². The second-order valence-corrected chi connectivity index (χ2v) is 11.9. The molecule has 0 spiro atoms. The molecule has 4 rings (SSSR count). The molecule has 1 N–H and O–H groups in total. The average Bonchev–Trinajstić information content (AvgIpc) is 2.89. The summed E-state index contributed by atoms with van der Waals surface area (Å²) >= 11 is 6.97. The standard InChI is InChI=1S/C30H30Br2N4O4/c1-6-39-25-14-19(13-23(32)27(25)40-17-26(37)34-21-10-7-18(2)8-11-21)16-33-36-28(38)22-15-20(31)9-12-24(22)35-29(36)30(3,4)5/h7-16H,6,17H2,1-5H3,(H,34,37). The molecule has 0 bridgehead atoms. The van der Waals surface area contributed by atoms with E-state index < -0.39 is 5.41 Å². The minimum atomic E-state index is -0.439. The molecule has 1 heterocycles. The number of hydrogen-bond acceptors (Lipinski definition) is 6. The van der Waals surface area contributed by atoms with Crippen molar-refractivity contribution in [3.8, 4) is 11.5 Å². The minimum absolute atomic E-state index is 0.206. The third-order valence-corrected chi connectivity index (χ3v) is 6.90. The molecule has 8 nitrogen and oxygen atoms in total. The molecule has 1 aromatic heterocycles. The normalized spacial score (nSPS) is 11.7. The number of hydrogen-bond donors (Lipinski definition) is 1. The largest absolute Gasteiger partial charge is 0.490 e. The average molecular weight is 670 g/mol. The molecular formula is C30H30Br2N4O4. The predicted molar refractivity (Wildman–Crippen MR) is 166 cm³/mol. The number of halogens is 2. The van der Waals surface area contributed by atoms with Gasteiger partial charge in [0.15, 0.2) is 18.1 Å². The highest BCUT2D eigenvalue weighted by Crippen LogP contribution is 2.36. The van der Waals surface area contributed by atoms with Gasteiger partial charge in [0.2, 0.25) is 0 Å². The quantitative estimate of drug-likeness (QED) is 0.208. The fourth-order valence-corrected chi connectivity index (χ4v) is 4.84. The maximum atomic E-state index is 13.5. The van der Waals surface area contributed by atoms with E-state index in [0.717, 1.165) is 10.0 Å². The summed E-state index contributed by atoms with van der Waals surface area (Å²) in [4.78, 5) is 30.7. The highest BCUT2D eigenvalue weighted by molar-refractivity contribution is 9.10. The van der Waals surface area contributed by atoms with Gasteiger partial charge in [0.25, 0.3) is 11.5 Å². The zero-order chi connectivity index (χ0) is 29.0. The molecule has 0 fully saturated rings. The van der Waals surface area contributed by atoms with E-state index in [-0.39, 0.29) is 18.1 Å². The molecule has 208 valence electrons. The van der Waals surface area contributed by atoms with Gasteiger partial charge in [0, 0.05) is 15.6 Å². The van der Waals surface area contributed by atoms with Gasteiger partial charge in [0.1, 0.15) is 5.82 Å². The fourth-order valence-electron chi connectivity index (χ4n) is 3.90. The third-order valence-electron chi connectivity index (χ3n) is 5.82. The third kappa shape index (κ3) is 6.98. The van der Waals surface area contributed by atoms with Crippen LogP contribution >= 0.6 is 31.9 Å². The molecule has 4 aromatic rings. The molecule has 3 aromatic carbocycles. The first-order chi connectivity index (χ1) is 19.0. The zero-order valence-electron chi connectivity index (χ0n) is 22.9. The van der Waals surface area contributed by atoms with Crippen LogP contribution in [0.3, 0.4) is 0 Å². The summed E-state index contributed by atoms with van der Waals surface area (Å²) in [7, 11) is 0. The van der Waals surface area contributed by atoms with Crippen LogP contribution in [0, 0.1) is 6.92 Å². The van der Waals surface area contributed by atoms with E-state index in [1.807, 2.05) is 71.0 Å². The van der Waals surface area contributed by atoms with E-state index in [1.54, 1.807) is 24.4 Å². The Bertz CT molecular complexity index is 1640. The van der Waals surface area contributed by atoms with Crippen LogP contribution in [0.5, 0.6) is 11.5 Å². The first-order valence-corrected chi connectivity index (χ1v) is 14.3. The number of nitrogens with one attached hydrogen (secondary N) is 1. The lowest BCUT2D eigenvalue weighted by Crippen LogP contribution is -2.29. The van der Waals surface area contributed by atoms with Crippen molar-refractivity contribution >= 4 is 60.6 Å². The van der Waals surface area contributed by atoms with Gasteiger partial charge < -0.3 is 14.8 Å².